The number of nitrogens with zero attached hydrogens (tertiary/aromatic N) is 2. The van der Waals surface area contributed by atoms with Crippen LogP contribution in [0.2, 0.25) is 0 Å². The largest absolute Gasteiger partial charge is 0.378 e. The van der Waals surface area contributed by atoms with Gasteiger partial charge in [-0.15, -0.1) is 0 Å². The first-order valence-electron chi connectivity index (χ1n) is 6.78. The Hall–Kier alpha value is -2.01. The van der Waals surface area contributed by atoms with Crippen LogP contribution in [-0.2, 0) is 16.8 Å². The maximum atomic E-state index is 13.1. The van der Waals surface area contributed by atoms with Crippen molar-refractivity contribution in [3.05, 3.63) is 53.2 Å². The summed E-state index contributed by atoms with van der Waals surface area (Å²) in [7, 11) is 3.44. The van der Waals surface area contributed by atoms with Gasteiger partial charge in [-0.05, 0) is 31.5 Å². The Kier molecular flexibility index (Phi) is 4.53. The van der Waals surface area contributed by atoms with E-state index in [0.717, 1.165) is 17.1 Å². The second kappa shape index (κ2) is 6.18. The van der Waals surface area contributed by atoms with E-state index in [1.54, 1.807) is 19.2 Å². The topological polar surface area (TPSA) is 47.0 Å². The molecule has 0 aliphatic heterocycles. The van der Waals surface area contributed by atoms with Gasteiger partial charge in [0.2, 0.25) is 0 Å². The van der Waals surface area contributed by atoms with Gasteiger partial charge in [0.1, 0.15) is 17.5 Å². The van der Waals surface area contributed by atoms with E-state index < -0.39 is 5.41 Å². The molecule has 0 atom stereocenters. The average molecular weight is 289 g/mol. The molecule has 2 rings (SSSR count). The normalized spacial score (nSPS) is 11.5. The molecular weight excluding hydrogens is 269 g/mol. The molecule has 0 saturated heterocycles. The van der Waals surface area contributed by atoms with Crippen molar-refractivity contribution >= 4 is 5.82 Å². The van der Waals surface area contributed by atoms with Crippen LogP contribution in [0.15, 0.2) is 30.3 Å². The molecule has 0 aliphatic carbocycles. The Morgan fingerprint density at radius 1 is 1.19 bits per heavy atom. The van der Waals surface area contributed by atoms with Crippen molar-refractivity contribution in [1.82, 2.24) is 9.97 Å². The summed E-state index contributed by atoms with van der Waals surface area (Å²) in [5.74, 6) is 1.16. The SMILES string of the molecule is CNc1cc(COC)nc(C(C)(C)c2ccc(F)cc2)n1. The summed E-state index contributed by atoms with van der Waals surface area (Å²) < 4.78 is 18.3. The Balaban J connectivity index is 2.47. The minimum atomic E-state index is -0.428. The zero-order valence-electron chi connectivity index (χ0n) is 12.8. The van der Waals surface area contributed by atoms with Crippen LogP contribution in [-0.4, -0.2) is 24.1 Å². The third-order valence-corrected chi connectivity index (χ3v) is 3.45. The highest BCUT2D eigenvalue weighted by Gasteiger charge is 2.27. The van der Waals surface area contributed by atoms with Gasteiger partial charge in [0.05, 0.1) is 12.3 Å². The van der Waals surface area contributed by atoms with Gasteiger partial charge in [-0.25, -0.2) is 14.4 Å². The van der Waals surface area contributed by atoms with Gasteiger partial charge in [-0.2, -0.15) is 0 Å². The maximum Gasteiger partial charge on any atom is 0.141 e. The number of methoxy groups -OCH3 is 1. The predicted molar refractivity (Wildman–Crippen MR) is 80.8 cm³/mol. The van der Waals surface area contributed by atoms with Crippen molar-refractivity contribution < 1.29 is 9.13 Å². The van der Waals surface area contributed by atoms with Gasteiger partial charge < -0.3 is 10.1 Å². The molecule has 21 heavy (non-hydrogen) atoms. The molecule has 1 N–H and O–H groups in total. The molecule has 2 aromatic rings. The molecule has 4 nitrogen and oxygen atoms in total. The van der Waals surface area contributed by atoms with Gasteiger partial charge in [0, 0.05) is 25.6 Å². The molecule has 5 heteroatoms. The minimum absolute atomic E-state index is 0.250. The molecule has 112 valence electrons. The van der Waals surface area contributed by atoms with Gasteiger partial charge in [-0.1, -0.05) is 12.1 Å². The van der Waals surface area contributed by atoms with Crippen molar-refractivity contribution in [3.63, 3.8) is 0 Å². The fourth-order valence-electron chi connectivity index (χ4n) is 2.12. The monoisotopic (exact) mass is 289 g/mol. The lowest BCUT2D eigenvalue weighted by Gasteiger charge is -2.24. The zero-order valence-corrected chi connectivity index (χ0v) is 12.8. The van der Waals surface area contributed by atoms with E-state index in [-0.39, 0.29) is 5.82 Å². The van der Waals surface area contributed by atoms with Crippen LogP contribution in [0.5, 0.6) is 0 Å². The molecule has 1 aromatic heterocycles. The van der Waals surface area contributed by atoms with Crippen molar-refractivity contribution in [1.29, 1.82) is 0 Å². The summed E-state index contributed by atoms with van der Waals surface area (Å²) in [4.78, 5) is 9.10. The number of hydrogen-bond donors (Lipinski definition) is 1. The molecule has 1 heterocycles. The highest BCUT2D eigenvalue weighted by Crippen LogP contribution is 2.30. The highest BCUT2D eigenvalue weighted by molar-refractivity contribution is 5.39. The third-order valence-electron chi connectivity index (χ3n) is 3.45. The van der Waals surface area contributed by atoms with E-state index >= 15 is 0 Å². The fourth-order valence-corrected chi connectivity index (χ4v) is 2.12. The lowest BCUT2D eigenvalue weighted by atomic mass is 9.83. The average Bonchev–Trinajstić information content (AvgIpc) is 2.47. The summed E-state index contributed by atoms with van der Waals surface area (Å²) in [6, 6.07) is 8.29. The summed E-state index contributed by atoms with van der Waals surface area (Å²) in [6.45, 7) is 4.46. The standard InChI is InChI=1S/C16H20FN3O/c1-16(2,11-5-7-12(17)8-6-11)15-19-13(10-21-4)9-14(18-3)20-15/h5-9H,10H2,1-4H3,(H,18,19,20). The number of aromatic nitrogens is 2. The number of rotatable bonds is 5. The van der Waals surface area contributed by atoms with Crippen molar-refractivity contribution in [2.24, 2.45) is 0 Å². The van der Waals surface area contributed by atoms with E-state index in [1.807, 2.05) is 27.0 Å². The molecule has 1 aromatic carbocycles. The van der Waals surface area contributed by atoms with Crippen LogP contribution in [0.25, 0.3) is 0 Å². The fraction of sp³-hybridized carbons (Fsp3) is 0.375. The second-order valence-electron chi connectivity index (χ2n) is 5.38. The molecule has 0 unspecified atom stereocenters. The van der Waals surface area contributed by atoms with Crippen molar-refractivity contribution in [3.8, 4) is 0 Å². The summed E-state index contributed by atoms with van der Waals surface area (Å²) in [6.07, 6.45) is 0. The number of hydrogen-bond acceptors (Lipinski definition) is 4. The maximum absolute atomic E-state index is 13.1. The molecular formula is C16H20FN3O. The van der Waals surface area contributed by atoms with E-state index in [2.05, 4.69) is 15.3 Å². The number of ether oxygens (including phenoxy) is 1. The smallest absolute Gasteiger partial charge is 0.141 e. The lowest BCUT2D eigenvalue weighted by Crippen LogP contribution is -2.23. The number of halogens is 1. The van der Waals surface area contributed by atoms with Gasteiger partial charge >= 0.3 is 0 Å². The summed E-state index contributed by atoms with van der Waals surface area (Å²) >= 11 is 0. The number of anilines is 1. The molecule has 0 saturated carbocycles. The molecule has 0 aliphatic rings. The van der Waals surface area contributed by atoms with Gasteiger partial charge in [0.25, 0.3) is 0 Å². The molecule has 0 bridgehead atoms. The molecule has 0 amide bonds. The Bertz CT molecular complexity index is 611. The van der Waals surface area contributed by atoms with Crippen molar-refractivity contribution in [2.45, 2.75) is 25.9 Å². The number of benzene rings is 1. The van der Waals surface area contributed by atoms with E-state index in [0.29, 0.717) is 12.4 Å². The molecule has 0 fully saturated rings. The first kappa shape index (κ1) is 15.4. The number of nitrogens with one attached hydrogen (secondary N) is 1. The quantitative estimate of drug-likeness (QED) is 0.918. The van der Waals surface area contributed by atoms with Crippen LogP contribution in [0.4, 0.5) is 10.2 Å². The Morgan fingerprint density at radius 2 is 1.86 bits per heavy atom. The second-order valence-corrected chi connectivity index (χ2v) is 5.38. The lowest BCUT2D eigenvalue weighted by molar-refractivity contribution is 0.181. The van der Waals surface area contributed by atoms with E-state index in [1.165, 1.54) is 12.1 Å². The Morgan fingerprint density at radius 3 is 2.43 bits per heavy atom. The van der Waals surface area contributed by atoms with Crippen molar-refractivity contribution in [2.75, 3.05) is 19.5 Å². The summed E-state index contributed by atoms with van der Waals surface area (Å²) in [5, 5.41) is 3.03. The van der Waals surface area contributed by atoms with Gasteiger partial charge in [0.15, 0.2) is 0 Å². The molecule has 0 spiro atoms. The summed E-state index contributed by atoms with van der Waals surface area (Å²) in [5.41, 5.74) is 1.34. The first-order chi connectivity index (χ1) is 9.97. The van der Waals surface area contributed by atoms with Crippen LogP contribution in [0.3, 0.4) is 0 Å². The molecule has 0 radical (unpaired) electrons. The van der Waals surface area contributed by atoms with Crippen LogP contribution >= 0.6 is 0 Å². The zero-order chi connectivity index (χ0) is 15.5. The highest BCUT2D eigenvalue weighted by atomic mass is 19.1. The predicted octanol–water partition coefficient (Wildman–Crippen LogP) is 3.13. The van der Waals surface area contributed by atoms with Gasteiger partial charge in [-0.3, -0.25) is 0 Å². The van der Waals surface area contributed by atoms with E-state index in [9.17, 15) is 4.39 Å². The third kappa shape index (κ3) is 3.36. The minimum Gasteiger partial charge on any atom is -0.378 e. The Labute approximate surface area is 124 Å². The first-order valence-corrected chi connectivity index (χ1v) is 6.78. The van der Waals surface area contributed by atoms with Crippen LogP contribution < -0.4 is 5.32 Å². The van der Waals surface area contributed by atoms with Crippen LogP contribution in [0.1, 0.15) is 30.9 Å². The van der Waals surface area contributed by atoms with E-state index in [4.69, 9.17) is 4.74 Å². The van der Waals surface area contributed by atoms with Crippen LogP contribution in [0, 0.1) is 5.82 Å².